The number of carbonyl (C=O) groups is 1. The molecule has 5 aromatic rings. The molecule has 3 aromatic heterocycles. The van der Waals surface area contributed by atoms with Gasteiger partial charge in [0.05, 0.1) is 11.9 Å². The van der Waals surface area contributed by atoms with Crippen molar-refractivity contribution >= 4 is 27.6 Å². The predicted molar refractivity (Wildman–Crippen MR) is 135 cm³/mol. The molecular weight excluding hydrogens is 454 g/mol. The zero-order valence-corrected chi connectivity index (χ0v) is 19.4. The summed E-state index contributed by atoms with van der Waals surface area (Å²) >= 11 is 0. The Hall–Kier alpha value is -4.39. The number of H-pyrrole nitrogens is 1. The van der Waals surface area contributed by atoms with Gasteiger partial charge in [-0.25, -0.2) is 9.78 Å². The molecule has 2 aromatic carbocycles. The van der Waals surface area contributed by atoms with Crippen LogP contribution in [-0.2, 0) is 6.42 Å². The lowest BCUT2D eigenvalue weighted by Gasteiger charge is -2.46. The predicted octanol–water partition coefficient (Wildman–Crippen LogP) is 4.67. The third-order valence-electron chi connectivity index (χ3n) is 7.50. The number of piperidine rings is 1. The van der Waals surface area contributed by atoms with E-state index in [1.165, 1.54) is 16.6 Å². The van der Waals surface area contributed by atoms with Gasteiger partial charge in [-0.1, -0.05) is 42.5 Å². The highest BCUT2D eigenvalue weighted by Gasteiger charge is 2.46. The number of pyridine rings is 1. The van der Waals surface area contributed by atoms with Gasteiger partial charge in [-0.05, 0) is 48.1 Å². The minimum atomic E-state index is -0.504. The number of likely N-dealkylation sites (tertiary alicyclic amines) is 1. The monoisotopic (exact) mass is 477 g/mol. The molecule has 178 valence electrons. The molecule has 0 radical (unpaired) electrons. The number of aromatic amines is 1. The number of hydrogen-bond donors (Lipinski definition) is 1. The SMILES string of the molecule is O=C(c1cc2ccccc2c(=O)o1)N1C[C@H](Oc2ccccn2)[C@H]2C[C@@H]1Cc1c2[nH]c2ccccc12. The van der Waals surface area contributed by atoms with Gasteiger partial charge in [0.15, 0.2) is 5.76 Å². The third kappa shape index (κ3) is 3.31. The highest BCUT2D eigenvalue weighted by atomic mass is 16.5. The van der Waals surface area contributed by atoms with Gasteiger partial charge in [-0.3, -0.25) is 4.79 Å². The number of aromatic nitrogens is 2. The Bertz CT molecular complexity index is 1670. The smallest absolute Gasteiger partial charge is 0.344 e. The first-order valence-corrected chi connectivity index (χ1v) is 12.2. The fourth-order valence-electron chi connectivity index (χ4n) is 5.85. The van der Waals surface area contributed by atoms with Crippen LogP contribution >= 0.6 is 0 Å². The Morgan fingerprint density at radius 2 is 1.83 bits per heavy atom. The molecule has 1 N–H and O–H groups in total. The Balaban J connectivity index is 1.31. The van der Waals surface area contributed by atoms with Crippen molar-refractivity contribution in [2.75, 3.05) is 6.54 Å². The summed E-state index contributed by atoms with van der Waals surface area (Å²) < 4.78 is 11.9. The highest BCUT2D eigenvalue weighted by molar-refractivity contribution is 5.95. The largest absolute Gasteiger partial charge is 0.472 e. The van der Waals surface area contributed by atoms with Crippen LogP contribution in [0.1, 0.15) is 34.2 Å². The van der Waals surface area contributed by atoms with Crippen LogP contribution in [0.25, 0.3) is 21.7 Å². The Labute approximate surface area is 206 Å². The molecule has 1 amide bonds. The van der Waals surface area contributed by atoms with Gasteiger partial charge in [0.25, 0.3) is 5.91 Å². The third-order valence-corrected chi connectivity index (χ3v) is 7.50. The van der Waals surface area contributed by atoms with Crippen molar-refractivity contribution < 1.29 is 13.9 Å². The lowest BCUT2D eigenvalue weighted by molar-refractivity contribution is 0.0169. The number of ether oxygens (including phenoxy) is 1. The van der Waals surface area contributed by atoms with E-state index >= 15 is 0 Å². The number of para-hydroxylation sites is 1. The zero-order chi connectivity index (χ0) is 24.2. The van der Waals surface area contributed by atoms with Crippen molar-refractivity contribution in [1.82, 2.24) is 14.9 Å². The van der Waals surface area contributed by atoms with Crippen LogP contribution in [0, 0.1) is 0 Å². The van der Waals surface area contributed by atoms with Crippen LogP contribution in [0.3, 0.4) is 0 Å². The number of benzene rings is 2. The quantitative estimate of drug-likeness (QED) is 0.408. The fourth-order valence-corrected chi connectivity index (χ4v) is 5.85. The van der Waals surface area contributed by atoms with Crippen molar-refractivity contribution in [2.45, 2.75) is 30.9 Å². The van der Waals surface area contributed by atoms with Crippen molar-refractivity contribution in [3.8, 4) is 5.88 Å². The highest BCUT2D eigenvalue weighted by Crippen LogP contribution is 2.44. The number of nitrogens with one attached hydrogen (secondary N) is 1. The Morgan fingerprint density at radius 1 is 1.03 bits per heavy atom. The molecule has 0 unspecified atom stereocenters. The molecule has 1 fully saturated rings. The van der Waals surface area contributed by atoms with Crippen LogP contribution in [0.4, 0.5) is 0 Å². The molecule has 0 saturated carbocycles. The molecule has 2 aliphatic rings. The van der Waals surface area contributed by atoms with Crippen molar-refractivity contribution in [3.05, 3.63) is 106 Å². The van der Waals surface area contributed by atoms with Crippen LogP contribution in [-0.4, -0.2) is 39.5 Å². The maximum Gasteiger partial charge on any atom is 0.344 e. The van der Waals surface area contributed by atoms with E-state index < -0.39 is 5.63 Å². The molecule has 1 aliphatic carbocycles. The molecule has 0 spiro atoms. The summed E-state index contributed by atoms with van der Waals surface area (Å²) in [6, 6.07) is 22.6. The van der Waals surface area contributed by atoms with E-state index in [-0.39, 0.29) is 29.7 Å². The number of fused-ring (bicyclic) bond motifs is 7. The summed E-state index contributed by atoms with van der Waals surface area (Å²) in [6.07, 6.45) is 2.87. The maximum absolute atomic E-state index is 13.8. The number of rotatable bonds is 3. The van der Waals surface area contributed by atoms with Crippen molar-refractivity contribution in [3.63, 3.8) is 0 Å². The summed E-state index contributed by atoms with van der Waals surface area (Å²) in [6.45, 7) is 0.371. The zero-order valence-electron chi connectivity index (χ0n) is 19.4. The van der Waals surface area contributed by atoms with Gasteiger partial charge >= 0.3 is 5.63 Å². The molecule has 4 heterocycles. The topological polar surface area (TPSA) is 88.4 Å². The second-order valence-corrected chi connectivity index (χ2v) is 9.53. The second kappa shape index (κ2) is 8.09. The molecule has 7 rings (SSSR count). The van der Waals surface area contributed by atoms with Gasteiger partial charge in [0.1, 0.15) is 6.10 Å². The lowest BCUT2D eigenvalue weighted by Crippen LogP contribution is -2.56. The van der Waals surface area contributed by atoms with Crippen molar-refractivity contribution in [1.29, 1.82) is 0 Å². The summed E-state index contributed by atoms with van der Waals surface area (Å²) in [5.74, 6) is 0.368. The first kappa shape index (κ1) is 20.9. The van der Waals surface area contributed by atoms with Gasteiger partial charge in [0.2, 0.25) is 5.88 Å². The van der Waals surface area contributed by atoms with Gasteiger partial charge < -0.3 is 19.0 Å². The van der Waals surface area contributed by atoms with E-state index in [2.05, 4.69) is 22.1 Å². The second-order valence-electron chi connectivity index (χ2n) is 9.53. The standard InChI is InChI=1S/C29H23N3O4/c33-28(24-13-17-7-1-2-8-19(17)29(34)36-24)32-16-25(35-26-11-5-6-12-30-26)22-15-18(32)14-21-20-9-3-4-10-23(20)31-27(21)22/h1-13,18,22,25,31H,14-16H2/t18-,22+,25-/m0/s1. The molecule has 3 atom stereocenters. The summed E-state index contributed by atoms with van der Waals surface area (Å²) in [5.41, 5.74) is 2.98. The molecule has 7 heteroatoms. The minimum absolute atomic E-state index is 0.0328. The number of amides is 1. The van der Waals surface area contributed by atoms with Crippen LogP contribution in [0.2, 0.25) is 0 Å². The van der Waals surface area contributed by atoms with E-state index in [1.807, 2.05) is 47.4 Å². The van der Waals surface area contributed by atoms with Crippen LogP contribution < -0.4 is 10.4 Å². The molecule has 2 bridgehead atoms. The number of nitrogens with zero attached hydrogens (tertiary/aromatic N) is 2. The Kier molecular flexibility index (Phi) is 4.70. The van der Waals surface area contributed by atoms with Crippen LogP contribution in [0.5, 0.6) is 5.88 Å². The normalized spacial score (nSPS) is 20.9. The molecule has 1 aliphatic heterocycles. The number of hydrogen-bond acceptors (Lipinski definition) is 5. The van der Waals surface area contributed by atoms with E-state index in [0.717, 1.165) is 18.4 Å². The first-order valence-electron chi connectivity index (χ1n) is 12.2. The van der Waals surface area contributed by atoms with Gasteiger partial charge in [0, 0.05) is 40.8 Å². The minimum Gasteiger partial charge on any atom is -0.472 e. The summed E-state index contributed by atoms with van der Waals surface area (Å²) in [5, 5.41) is 2.33. The summed E-state index contributed by atoms with van der Waals surface area (Å²) in [7, 11) is 0. The van der Waals surface area contributed by atoms with E-state index in [1.54, 1.807) is 24.4 Å². The van der Waals surface area contributed by atoms with Crippen molar-refractivity contribution in [2.24, 2.45) is 0 Å². The lowest BCUT2D eigenvalue weighted by atomic mass is 9.76. The van der Waals surface area contributed by atoms with E-state index in [0.29, 0.717) is 23.2 Å². The van der Waals surface area contributed by atoms with E-state index in [9.17, 15) is 9.59 Å². The molecule has 36 heavy (non-hydrogen) atoms. The number of carbonyl (C=O) groups excluding carboxylic acids is 1. The maximum atomic E-state index is 13.8. The average Bonchev–Trinajstić information content (AvgIpc) is 3.29. The molecule has 7 nitrogen and oxygen atoms in total. The average molecular weight is 478 g/mol. The van der Waals surface area contributed by atoms with Gasteiger partial charge in [-0.2, -0.15) is 0 Å². The van der Waals surface area contributed by atoms with E-state index in [4.69, 9.17) is 9.15 Å². The first-order chi connectivity index (χ1) is 17.7. The molecular formula is C29H23N3O4. The fraction of sp³-hybridized carbons (Fsp3) is 0.207. The van der Waals surface area contributed by atoms with Gasteiger partial charge in [-0.15, -0.1) is 0 Å². The van der Waals surface area contributed by atoms with Crippen LogP contribution in [0.15, 0.2) is 88.2 Å². The Morgan fingerprint density at radius 3 is 2.69 bits per heavy atom. The summed E-state index contributed by atoms with van der Waals surface area (Å²) in [4.78, 5) is 36.2. The molecule has 1 saturated heterocycles.